The predicted octanol–water partition coefficient (Wildman–Crippen LogP) is 4.16. The minimum absolute atomic E-state index is 0.206. The van der Waals surface area contributed by atoms with Crippen molar-refractivity contribution in [2.45, 2.75) is 45.8 Å². The smallest absolute Gasteiger partial charge is 0.399 e. The van der Waals surface area contributed by atoms with Crippen molar-refractivity contribution in [1.29, 1.82) is 0 Å². The van der Waals surface area contributed by atoms with Crippen LogP contribution in [-0.4, -0.2) is 18.3 Å². The lowest BCUT2D eigenvalue weighted by molar-refractivity contribution is 0.00578. The monoisotopic (exact) mass is 318 g/mol. The van der Waals surface area contributed by atoms with Crippen LogP contribution in [-0.2, 0) is 9.31 Å². The summed E-state index contributed by atoms with van der Waals surface area (Å²) in [5.41, 5.74) is 2.37. The Morgan fingerprint density at radius 2 is 1.68 bits per heavy atom. The Kier molecular flexibility index (Phi) is 3.71. The third kappa shape index (κ3) is 2.62. The first-order valence-electron chi connectivity index (χ1n) is 7.40. The molecular formula is C17H20BFO2S. The van der Waals surface area contributed by atoms with E-state index in [0.717, 1.165) is 21.5 Å². The van der Waals surface area contributed by atoms with E-state index in [0.29, 0.717) is 0 Å². The van der Waals surface area contributed by atoms with Crippen LogP contribution in [0.2, 0.25) is 0 Å². The SMILES string of the molecule is Cc1cc(F)ccc1-c1csc(B2OC(C)(C)C(C)(C)O2)c1. The lowest BCUT2D eigenvalue weighted by Gasteiger charge is -2.32. The molecule has 0 amide bonds. The molecule has 5 heteroatoms. The molecule has 1 aliphatic heterocycles. The quantitative estimate of drug-likeness (QED) is 0.774. The van der Waals surface area contributed by atoms with Crippen LogP contribution in [0.4, 0.5) is 4.39 Å². The van der Waals surface area contributed by atoms with Gasteiger partial charge >= 0.3 is 7.12 Å². The molecule has 1 saturated heterocycles. The molecule has 1 aromatic heterocycles. The van der Waals surface area contributed by atoms with E-state index in [-0.39, 0.29) is 24.1 Å². The predicted molar refractivity (Wildman–Crippen MR) is 90.2 cm³/mol. The molecule has 2 nitrogen and oxygen atoms in total. The van der Waals surface area contributed by atoms with Gasteiger partial charge in [0.05, 0.1) is 11.2 Å². The van der Waals surface area contributed by atoms with Crippen LogP contribution >= 0.6 is 11.3 Å². The van der Waals surface area contributed by atoms with E-state index in [1.165, 1.54) is 6.07 Å². The van der Waals surface area contributed by atoms with Crippen LogP contribution in [0.3, 0.4) is 0 Å². The van der Waals surface area contributed by atoms with E-state index in [2.05, 4.69) is 11.4 Å². The van der Waals surface area contributed by atoms with E-state index >= 15 is 0 Å². The minimum atomic E-state index is -0.343. The van der Waals surface area contributed by atoms with Gasteiger partial charge in [-0.05, 0) is 74.9 Å². The lowest BCUT2D eigenvalue weighted by atomic mass is 9.86. The number of hydrogen-bond donors (Lipinski definition) is 0. The molecule has 1 aromatic carbocycles. The zero-order valence-corrected chi connectivity index (χ0v) is 14.4. The average molecular weight is 318 g/mol. The molecule has 0 radical (unpaired) electrons. The van der Waals surface area contributed by atoms with Gasteiger partial charge in [0.25, 0.3) is 0 Å². The van der Waals surface area contributed by atoms with Crippen LogP contribution in [0.25, 0.3) is 11.1 Å². The highest BCUT2D eigenvalue weighted by atomic mass is 32.1. The van der Waals surface area contributed by atoms with Gasteiger partial charge in [-0.25, -0.2) is 4.39 Å². The number of benzene rings is 1. The van der Waals surface area contributed by atoms with E-state index < -0.39 is 0 Å². The van der Waals surface area contributed by atoms with E-state index in [1.54, 1.807) is 17.4 Å². The summed E-state index contributed by atoms with van der Waals surface area (Å²) in [4.78, 5) is 0. The first-order chi connectivity index (χ1) is 10.2. The molecule has 2 aromatic rings. The van der Waals surface area contributed by atoms with Crippen molar-refractivity contribution in [1.82, 2.24) is 0 Å². The van der Waals surface area contributed by atoms with E-state index in [4.69, 9.17) is 9.31 Å². The second-order valence-corrected chi connectivity index (χ2v) is 7.73. The van der Waals surface area contributed by atoms with Gasteiger partial charge in [-0.2, -0.15) is 11.3 Å². The van der Waals surface area contributed by atoms with Crippen LogP contribution in [0.1, 0.15) is 33.3 Å². The Labute approximate surface area is 135 Å². The normalized spacial score (nSPS) is 19.6. The molecule has 1 fully saturated rings. The second-order valence-electron chi connectivity index (χ2n) is 6.79. The van der Waals surface area contributed by atoms with E-state index in [9.17, 15) is 4.39 Å². The maximum Gasteiger partial charge on any atom is 0.505 e. The maximum absolute atomic E-state index is 13.2. The zero-order chi connectivity index (χ0) is 16.1. The molecule has 0 spiro atoms. The Morgan fingerprint density at radius 3 is 2.27 bits per heavy atom. The van der Waals surface area contributed by atoms with Crippen molar-refractivity contribution in [3.63, 3.8) is 0 Å². The van der Waals surface area contributed by atoms with Crippen LogP contribution in [0.5, 0.6) is 0 Å². The minimum Gasteiger partial charge on any atom is -0.399 e. The van der Waals surface area contributed by atoms with Gasteiger partial charge < -0.3 is 9.31 Å². The Bertz CT molecular complexity index is 692. The second kappa shape index (κ2) is 5.19. The molecule has 1 aliphatic rings. The summed E-state index contributed by atoms with van der Waals surface area (Å²) < 4.78 is 26.4. The average Bonchev–Trinajstić information content (AvgIpc) is 2.93. The number of rotatable bonds is 2. The first kappa shape index (κ1) is 15.7. The highest BCUT2D eigenvalue weighted by Crippen LogP contribution is 2.37. The Morgan fingerprint density at radius 1 is 1.05 bits per heavy atom. The summed E-state index contributed by atoms with van der Waals surface area (Å²) in [6, 6.07) is 6.95. The molecule has 116 valence electrons. The summed E-state index contributed by atoms with van der Waals surface area (Å²) in [5, 5.41) is 2.07. The van der Waals surface area contributed by atoms with Crippen molar-refractivity contribution in [3.8, 4) is 11.1 Å². The number of hydrogen-bond acceptors (Lipinski definition) is 3. The topological polar surface area (TPSA) is 18.5 Å². The summed E-state index contributed by atoms with van der Waals surface area (Å²) in [7, 11) is -0.343. The van der Waals surface area contributed by atoms with E-state index in [1.807, 2.05) is 40.7 Å². The highest BCUT2D eigenvalue weighted by molar-refractivity contribution is 7.21. The fourth-order valence-corrected chi connectivity index (χ4v) is 3.39. The summed E-state index contributed by atoms with van der Waals surface area (Å²) in [6.45, 7) is 10.1. The van der Waals surface area contributed by atoms with Gasteiger partial charge in [0.2, 0.25) is 0 Å². The third-order valence-electron chi connectivity index (χ3n) is 4.60. The van der Waals surface area contributed by atoms with Gasteiger partial charge in [-0.1, -0.05) is 6.07 Å². The van der Waals surface area contributed by atoms with Crippen LogP contribution < -0.4 is 4.78 Å². The molecule has 3 rings (SSSR count). The molecule has 0 atom stereocenters. The fourth-order valence-electron chi connectivity index (χ4n) is 2.53. The summed E-state index contributed by atoms with van der Waals surface area (Å²) in [5.74, 6) is -0.206. The molecular weight excluding hydrogens is 298 g/mol. The van der Waals surface area contributed by atoms with Gasteiger partial charge in [-0.15, -0.1) is 0 Å². The molecule has 22 heavy (non-hydrogen) atoms. The van der Waals surface area contributed by atoms with Crippen molar-refractivity contribution in [2.24, 2.45) is 0 Å². The van der Waals surface area contributed by atoms with Gasteiger partial charge in [0.15, 0.2) is 0 Å². The molecule has 0 N–H and O–H groups in total. The third-order valence-corrected chi connectivity index (χ3v) is 5.56. The van der Waals surface area contributed by atoms with Crippen molar-refractivity contribution in [2.75, 3.05) is 0 Å². The Hall–Kier alpha value is -1.17. The number of aryl methyl sites for hydroxylation is 1. The number of halogens is 1. The van der Waals surface area contributed by atoms with Crippen molar-refractivity contribution >= 4 is 23.2 Å². The first-order valence-corrected chi connectivity index (χ1v) is 8.28. The van der Waals surface area contributed by atoms with Crippen molar-refractivity contribution < 1.29 is 13.7 Å². The van der Waals surface area contributed by atoms with Crippen molar-refractivity contribution in [3.05, 3.63) is 41.0 Å². The molecule has 0 bridgehead atoms. The highest BCUT2D eigenvalue weighted by Gasteiger charge is 2.52. The maximum atomic E-state index is 13.2. The summed E-state index contributed by atoms with van der Waals surface area (Å²) >= 11 is 1.61. The van der Waals surface area contributed by atoms with Gasteiger partial charge in [-0.3, -0.25) is 0 Å². The lowest BCUT2D eigenvalue weighted by Crippen LogP contribution is -2.41. The molecule has 2 heterocycles. The number of thiophene rings is 1. The fraction of sp³-hybridized carbons (Fsp3) is 0.412. The van der Waals surface area contributed by atoms with Crippen LogP contribution in [0.15, 0.2) is 29.6 Å². The Balaban J connectivity index is 1.89. The largest absolute Gasteiger partial charge is 0.505 e. The van der Waals surface area contributed by atoms with Crippen LogP contribution in [0, 0.1) is 12.7 Å². The summed E-state index contributed by atoms with van der Waals surface area (Å²) in [6.07, 6.45) is 0. The molecule has 0 aliphatic carbocycles. The zero-order valence-electron chi connectivity index (χ0n) is 13.6. The van der Waals surface area contributed by atoms with Gasteiger partial charge in [0, 0.05) is 4.78 Å². The molecule has 0 saturated carbocycles. The van der Waals surface area contributed by atoms with Gasteiger partial charge in [0.1, 0.15) is 5.82 Å². The molecule has 0 unspecified atom stereocenters. The standard InChI is InChI=1S/C17H20BFO2S/c1-11-8-13(19)6-7-14(11)12-9-15(22-10-12)18-20-16(2,3)17(4,5)21-18/h6-10H,1-5H3.